The van der Waals surface area contributed by atoms with Gasteiger partial charge >= 0.3 is 0 Å². The lowest BCUT2D eigenvalue weighted by Crippen LogP contribution is -2.26. The van der Waals surface area contributed by atoms with Crippen molar-refractivity contribution in [3.05, 3.63) is 35.9 Å². The topological polar surface area (TPSA) is 65.2 Å². The molecule has 0 fully saturated rings. The highest BCUT2D eigenvalue weighted by Gasteiger charge is 2.15. The molecular formula is C13H19N5O2. The molecule has 7 nitrogen and oxygen atoms in total. The van der Waals surface area contributed by atoms with Gasteiger partial charge in [0.15, 0.2) is 0 Å². The molecule has 108 valence electrons. The van der Waals surface area contributed by atoms with E-state index in [9.17, 15) is 4.79 Å². The van der Waals surface area contributed by atoms with E-state index in [0.717, 1.165) is 12.1 Å². The second-order valence-electron chi connectivity index (χ2n) is 4.52. The van der Waals surface area contributed by atoms with Crippen molar-refractivity contribution in [2.45, 2.75) is 26.7 Å². The zero-order chi connectivity index (χ0) is 14.5. The predicted molar refractivity (Wildman–Crippen MR) is 72.9 cm³/mol. The molecule has 0 aliphatic heterocycles. The van der Waals surface area contributed by atoms with Crippen LogP contribution in [-0.4, -0.2) is 44.5 Å². The average molecular weight is 277 g/mol. The minimum Gasteiger partial charge on any atom is -0.362 e. The van der Waals surface area contributed by atoms with E-state index in [1.54, 1.807) is 42.2 Å². The maximum Gasteiger partial charge on any atom is 0.274 e. The second kappa shape index (κ2) is 6.33. The third-order valence-electron chi connectivity index (χ3n) is 2.90. The number of methoxy groups -OCH3 is 1. The van der Waals surface area contributed by atoms with Crippen molar-refractivity contribution in [2.75, 3.05) is 14.2 Å². The third kappa shape index (κ3) is 3.24. The number of aromatic nitrogens is 4. The number of ether oxygens (including phenoxy) is 1. The largest absolute Gasteiger partial charge is 0.362 e. The maximum atomic E-state index is 12.2. The van der Waals surface area contributed by atoms with Gasteiger partial charge in [0.1, 0.15) is 12.4 Å². The SMILES string of the molecule is CCn1cc(CN(C)C(=O)c2ccn(COC)n2)cn1. The number of nitrogens with zero attached hydrogens (tertiary/aromatic N) is 5. The first-order valence-electron chi connectivity index (χ1n) is 6.43. The van der Waals surface area contributed by atoms with Crippen LogP contribution in [0.15, 0.2) is 24.7 Å². The summed E-state index contributed by atoms with van der Waals surface area (Å²) in [5, 5.41) is 8.35. The molecule has 1 amide bonds. The van der Waals surface area contributed by atoms with Gasteiger partial charge in [-0.15, -0.1) is 0 Å². The van der Waals surface area contributed by atoms with Gasteiger partial charge in [-0.05, 0) is 13.0 Å². The summed E-state index contributed by atoms with van der Waals surface area (Å²) in [7, 11) is 3.33. The molecule has 7 heteroatoms. The van der Waals surface area contributed by atoms with Crippen LogP contribution in [0.4, 0.5) is 0 Å². The van der Waals surface area contributed by atoms with Crippen LogP contribution in [0.1, 0.15) is 23.0 Å². The summed E-state index contributed by atoms with van der Waals surface area (Å²) in [6.45, 7) is 3.68. The Morgan fingerprint density at radius 2 is 2.25 bits per heavy atom. The number of carbonyl (C=O) groups excluding carboxylic acids is 1. The molecule has 0 saturated carbocycles. The Kier molecular flexibility index (Phi) is 4.52. The van der Waals surface area contributed by atoms with Gasteiger partial charge in [0.25, 0.3) is 5.91 Å². The van der Waals surface area contributed by atoms with Crippen molar-refractivity contribution < 1.29 is 9.53 Å². The first kappa shape index (κ1) is 14.3. The molecule has 0 bridgehead atoms. The average Bonchev–Trinajstić information content (AvgIpc) is 3.07. The first-order valence-corrected chi connectivity index (χ1v) is 6.43. The first-order chi connectivity index (χ1) is 9.63. The number of carbonyl (C=O) groups is 1. The quantitative estimate of drug-likeness (QED) is 0.789. The van der Waals surface area contributed by atoms with E-state index >= 15 is 0 Å². The Bertz CT molecular complexity index is 575. The highest BCUT2D eigenvalue weighted by atomic mass is 16.5. The Morgan fingerprint density at radius 1 is 1.45 bits per heavy atom. The Hall–Kier alpha value is -2.15. The lowest BCUT2D eigenvalue weighted by Gasteiger charge is -2.14. The molecule has 0 spiro atoms. The van der Waals surface area contributed by atoms with E-state index in [4.69, 9.17) is 4.74 Å². The van der Waals surface area contributed by atoms with Crippen molar-refractivity contribution in [2.24, 2.45) is 0 Å². The van der Waals surface area contributed by atoms with Crippen LogP contribution in [-0.2, 0) is 24.6 Å². The van der Waals surface area contributed by atoms with Gasteiger partial charge in [-0.3, -0.25) is 9.48 Å². The predicted octanol–water partition coefficient (Wildman–Crippen LogP) is 0.976. The molecule has 0 saturated heterocycles. The normalized spacial score (nSPS) is 10.8. The van der Waals surface area contributed by atoms with Crippen LogP contribution in [0.3, 0.4) is 0 Å². The molecule has 2 aromatic heterocycles. The Morgan fingerprint density at radius 3 is 2.90 bits per heavy atom. The number of aryl methyl sites for hydroxylation is 1. The summed E-state index contributed by atoms with van der Waals surface area (Å²) in [5.74, 6) is -0.121. The molecular weight excluding hydrogens is 258 g/mol. The van der Waals surface area contributed by atoms with Gasteiger partial charge in [-0.2, -0.15) is 10.2 Å². The van der Waals surface area contributed by atoms with Crippen molar-refractivity contribution in [3.63, 3.8) is 0 Å². The summed E-state index contributed by atoms with van der Waals surface area (Å²) in [5.41, 5.74) is 1.41. The summed E-state index contributed by atoms with van der Waals surface area (Å²) in [4.78, 5) is 13.8. The van der Waals surface area contributed by atoms with Gasteiger partial charge in [-0.25, -0.2) is 4.68 Å². The Balaban J connectivity index is 2.00. The van der Waals surface area contributed by atoms with Crippen LogP contribution in [0, 0.1) is 0 Å². The molecule has 0 aromatic carbocycles. The van der Waals surface area contributed by atoms with Gasteiger partial charge in [0.2, 0.25) is 0 Å². The van der Waals surface area contributed by atoms with E-state index in [2.05, 4.69) is 10.2 Å². The fraction of sp³-hybridized carbons (Fsp3) is 0.462. The van der Waals surface area contributed by atoms with E-state index in [-0.39, 0.29) is 5.91 Å². The van der Waals surface area contributed by atoms with Crippen LogP contribution < -0.4 is 0 Å². The highest BCUT2D eigenvalue weighted by Crippen LogP contribution is 2.06. The van der Waals surface area contributed by atoms with Gasteiger partial charge in [0, 0.05) is 45.2 Å². The summed E-state index contributed by atoms with van der Waals surface area (Å²) < 4.78 is 8.37. The number of hydrogen-bond donors (Lipinski definition) is 0. The van der Waals surface area contributed by atoms with E-state index < -0.39 is 0 Å². The van der Waals surface area contributed by atoms with E-state index in [1.807, 2.05) is 17.8 Å². The van der Waals surface area contributed by atoms with Crippen LogP contribution in [0.5, 0.6) is 0 Å². The molecule has 20 heavy (non-hydrogen) atoms. The fourth-order valence-electron chi connectivity index (χ4n) is 1.88. The number of hydrogen-bond acceptors (Lipinski definition) is 4. The van der Waals surface area contributed by atoms with Crippen molar-refractivity contribution in [3.8, 4) is 0 Å². The standard InChI is InChI=1S/C13H19N5O2/c1-4-17-9-11(7-14-17)8-16(2)13(19)12-5-6-18(15-12)10-20-3/h5-7,9H,4,8,10H2,1-3H3. The minimum atomic E-state index is -0.121. The summed E-state index contributed by atoms with van der Waals surface area (Å²) >= 11 is 0. The number of amides is 1. The smallest absolute Gasteiger partial charge is 0.274 e. The van der Waals surface area contributed by atoms with Crippen molar-refractivity contribution in [1.29, 1.82) is 0 Å². The van der Waals surface area contributed by atoms with E-state index in [1.165, 1.54) is 0 Å². The highest BCUT2D eigenvalue weighted by molar-refractivity contribution is 5.91. The molecule has 0 unspecified atom stereocenters. The third-order valence-corrected chi connectivity index (χ3v) is 2.90. The van der Waals surface area contributed by atoms with Gasteiger partial charge < -0.3 is 9.64 Å². The monoisotopic (exact) mass is 277 g/mol. The molecule has 2 rings (SSSR count). The molecule has 0 atom stereocenters. The zero-order valence-corrected chi connectivity index (χ0v) is 12.0. The van der Waals surface area contributed by atoms with Gasteiger partial charge in [0.05, 0.1) is 6.20 Å². The molecule has 2 aromatic rings. The van der Waals surface area contributed by atoms with Crippen molar-refractivity contribution >= 4 is 5.91 Å². The van der Waals surface area contributed by atoms with Crippen molar-refractivity contribution in [1.82, 2.24) is 24.5 Å². The van der Waals surface area contributed by atoms with E-state index in [0.29, 0.717) is 19.0 Å². The molecule has 0 aliphatic rings. The van der Waals surface area contributed by atoms with Crippen LogP contribution in [0.2, 0.25) is 0 Å². The second-order valence-corrected chi connectivity index (χ2v) is 4.52. The molecule has 0 radical (unpaired) electrons. The fourth-order valence-corrected chi connectivity index (χ4v) is 1.88. The zero-order valence-electron chi connectivity index (χ0n) is 12.0. The summed E-state index contributed by atoms with van der Waals surface area (Å²) in [6.07, 6.45) is 5.43. The lowest BCUT2D eigenvalue weighted by molar-refractivity contribution is 0.0773. The van der Waals surface area contributed by atoms with Crippen LogP contribution in [0.25, 0.3) is 0 Å². The lowest BCUT2D eigenvalue weighted by atomic mass is 10.3. The summed E-state index contributed by atoms with van der Waals surface area (Å²) in [6, 6.07) is 1.69. The maximum absolute atomic E-state index is 12.2. The molecule has 0 aliphatic carbocycles. The van der Waals surface area contributed by atoms with Crippen LogP contribution >= 0.6 is 0 Å². The van der Waals surface area contributed by atoms with Gasteiger partial charge in [-0.1, -0.05) is 0 Å². The minimum absolute atomic E-state index is 0.121. The molecule has 0 N–H and O–H groups in total. The Labute approximate surface area is 117 Å². The number of rotatable bonds is 6. The molecule has 2 heterocycles.